The van der Waals surface area contributed by atoms with E-state index in [0.717, 1.165) is 36.0 Å². The van der Waals surface area contributed by atoms with Gasteiger partial charge in [0.25, 0.3) is 0 Å². The number of hydrazine groups is 1. The van der Waals surface area contributed by atoms with Gasteiger partial charge in [0.15, 0.2) is 17.0 Å². The molecule has 1 aliphatic carbocycles. The van der Waals surface area contributed by atoms with Crippen molar-refractivity contribution in [2.75, 3.05) is 32.6 Å². The molecule has 0 amide bonds. The SMILES string of the molecule is CCCCCC1CCN(Nc2nc(Cl)nc3c2ncn3C2CCCC2)CC1.CNC. The molecule has 0 spiro atoms. The fraction of sp³-hybridized carbons (Fsp3) is 0.773. The lowest BCUT2D eigenvalue weighted by Crippen LogP contribution is -2.38. The van der Waals surface area contributed by atoms with Gasteiger partial charge in [-0.1, -0.05) is 45.4 Å². The number of hydrogen-bond donors (Lipinski definition) is 2. The Labute approximate surface area is 186 Å². The Morgan fingerprint density at radius 1 is 1.07 bits per heavy atom. The van der Waals surface area contributed by atoms with Crippen molar-refractivity contribution in [3.05, 3.63) is 11.6 Å². The Kier molecular flexibility index (Phi) is 9.15. The van der Waals surface area contributed by atoms with Crippen LogP contribution in [0.15, 0.2) is 6.33 Å². The summed E-state index contributed by atoms with van der Waals surface area (Å²) in [6, 6.07) is 0.493. The molecule has 1 aliphatic heterocycles. The molecule has 168 valence electrons. The van der Waals surface area contributed by atoms with Crippen LogP contribution in [-0.4, -0.2) is 51.7 Å². The Bertz CT molecular complexity index is 764. The Balaban J connectivity index is 0.000000806. The minimum atomic E-state index is 0.291. The van der Waals surface area contributed by atoms with E-state index in [1.54, 1.807) is 0 Å². The van der Waals surface area contributed by atoms with Gasteiger partial charge in [0.1, 0.15) is 0 Å². The molecular formula is C22H38ClN7. The highest BCUT2D eigenvalue weighted by atomic mass is 35.5. The molecule has 1 saturated heterocycles. The van der Waals surface area contributed by atoms with Crippen molar-refractivity contribution in [2.45, 2.75) is 77.2 Å². The second-order valence-corrected chi connectivity index (χ2v) is 8.98. The van der Waals surface area contributed by atoms with Crippen LogP contribution in [-0.2, 0) is 0 Å². The van der Waals surface area contributed by atoms with Crippen LogP contribution in [0.5, 0.6) is 0 Å². The number of rotatable bonds is 7. The predicted molar refractivity (Wildman–Crippen MR) is 125 cm³/mol. The molecule has 2 aromatic rings. The first-order valence-corrected chi connectivity index (χ1v) is 12.0. The third-order valence-corrected chi connectivity index (χ3v) is 6.38. The molecule has 8 heteroatoms. The first-order chi connectivity index (χ1) is 14.7. The molecular weight excluding hydrogens is 398 g/mol. The van der Waals surface area contributed by atoms with E-state index in [-0.39, 0.29) is 0 Å². The summed E-state index contributed by atoms with van der Waals surface area (Å²) >= 11 is 6.25. The zero-order valence-corrected chi connectivity index (χ0v) is 19.6. The maximum absolute atomic E-state index is 6.25. The second-order valence-electron chi connectivity index (χ2n) is 8.64. The Morgan fingerprint density at radius 2 is 1.77 bits per heavy atom. The number of aromatic nitrogens is 4. The van der Waals surface area contributed by atoms with Gasteiger partial charge in [-0.3, -0.25) is 0 Å². The smallest absolute Gasteiger partial charge is 0.226 e. The van der Waals surface area contributed by atoms with E-state index in [0.29, 0.717) is 11.3 Å². The quantitative estimate of drug-likeness (QED) is 0.468. The molecule has 2 fully saturated rings. The van der Waals surface area contributed by atoms with Gasteiger partial charge >= 0.3 is 0 Å². The number of piperidine rings is 1. The van der Waals surface area contributed by atoms with E-state index in [1.807, 2.05) is 20.4 Å². The second kappa shape index (κ2) is 11.8. The summed E-state index contributed by atoms with van der Waals surface area (Å²) < 4.78 is 2.20. The van der Waals surface area contributed by atoms with Crippen LogP contribution in [0.4, 0.5) is 5.82 Å². The Hall–Kier alpha value is -1.44. The molecule has 0 atom stereocenters. The third kappa shape index (κ3) is 6.05. The molecule has 2 aliphatic rings. The van der Waals surface area contributed by atoms with Crippen LogP contribution < -0.4 is 10.7 Å². The molecule has 0 radical (unpaired) electrons. The summed E-state index contributed by atoms with van der Waals surface area (Å²) in [5.41, 5.74) is 5.17. The zero-order valence-electron chi connectivity index (χ0n) is 18.8. The number of nitrogens with zero attached hydrogens (tertiary/aromatic N) is 5. The van der Waals surface area contributed by atoms with Crippen molar-refractivity contribution in [2.24, 2.45) is 5.92 Å². The summed E-state index contributed by atoms with van der Waals surface area (Å²) in [6.45, 7) is 4.36. The average Bonchev–Trinajstić information content (AvgIpc) is 3.40. The normalized spacial score (nSPS) is 18.5. The van der Waals surface area contributed by atoms with Crippen molar-refractivity contribution in [1.82, 2.24) is 29.8 Å². The third-order valence-electron chi connectivity index (χ3n) is 6.21. The number of anilines is 1. The van der Waals surface area contributed by atoms with Gasteiger partial charge in [0, 0.05) is 19.1 Å². The standard InChI is InChI=1S/C20H31ClN6.C2H7N/c1-2-3-4-7-15-10-12-26(13-11-15)25-18-17-19(24-20(21)23-18)27(14-22-17)16-8-5-6-9-16;1-3-2/h14-16H,2-13H2,1H3,(H,23,24,25);3H,1-2H3. The van der Waals surface area contributed by atoms with Gasteiger partial charge in [0.2, 0.25) is 5.28 Å². The van der Waals surface area contributed by atoms with Crippen LogP contribution in [0.25, 0.3) is 11.2 Å². The maximum Gasteiger partial charge on any atom is 0.226 e. The molecule has 0 bridgehead atoms. The summed E-state index contributed by atoms with van der Waals surface area (Å²) in [7, 11) is 3.75. The van der Waals surface area contributed by atoms with Crippen molar-refractivity contribution in [1.29, 1.82) is 0 Å². The predicted octanol–water partition coefficient (Wildman–Crippen LogP) is 5.05. The van der Waals surface area contributed by atoms with E-state index in [9.17, 15) is 0 Å². The first kappa shape index (κ1) is 23.2. The molecule has 7 nitrogen and oxygen atoms in total. The largest absolute Gasteiger partial charge is 0.323 e. The molecule has 30 heavy (non-hydrogen) atoms. The molecule has 4 rings (SSSR count). The van der Waals surface area contributed by atoms with Crippen LogP contribution >= 0.6 is 11.6 Å². The van der Waals surface area contributed by atoms with Crippen LogP contribution in [0, 0.1) is 5.92 Å². The number of imidazole rings is 1. The van der Waals surface area contributed by atoms with E-state index in [1.165, 1.54) is 64.2 Å². The lowest BCUT2D eigenvalue weighted by atomic mass is 9.92. The molecule has 2 aromatic heterocycles. The number of fused-ring (bicyclic) bond motifs is 1. The van der Waals surface area contributed by atoms with Gasteiger partial charge in [0.05, 0.1) is 6.33 Å². The number of nitrogens with one attached hydrogen (secondary N) is 2. The average molecular weight is 436 g/mol. The van der Waals surface area contributed by atoms with Gasteiger partial charge in [-0.05, 0) is 57.3 Å². The van der Waals surface area contributed by atoms with Crippen LogP contribution in [0.1, 0.15) is 77.2 Å². The molecule has 0 aromatic carbocycles. The molecule has 0 unspecified atom stereocenters. The summed E-state index contributed by atoms with van der Waals surface area (Å²) in [6.07, 6.45) is 14.8. The summed E-state index contributed by atoms with van der Waals surface area (Å²) in [5.74, 6) is 1.61. The number of halogens is 1. The number of hydrogen-bond acceptors (Lipinski definition) is 6. The Morgan fingerprint density at radius 3 is 2.43 bits per heavy atom. The van der Waals surface area contributed by atoms with Gasteiger partial charge in [-0.25, -0.2) is 9.99 Å². The fourth-order valence-corrected chi connectivity index (χ4v) is 4.75. The van der Waals surface area contributed by atoms with Crippen LogP contribution in [0.3, 0.4) is 0 Å². The van der Waals surface area contributed by atoms with Crippen LogP contribution in [0.2, 0.25) is 5.28 Å². The molecule has 1 saturated carbocycles. The van der Waals surface area contributed by atoms with E-state index in [4.69, 9.17) is 11.6 Å². The highest BCUT2D eigenvalue weighted by Gasteiger charge is 2.23. The van der Waals surface area contributed by atoms with Gasteiger partial charge in [-0.2, -0.15) is 9.97 Å². The molecule has 3 heterocycles. The van der Waals surface area contributed by atoms with E-state index < -0.39 is 0 Å². The minimum Gasteiger partial charge on any atom is -0.323 e. The highest BCUT2D eigenvalue weighted by molar-refractivity contribution is 6.28. The first-order valence-electron chi connectivity index (χ1n) is 11.7. The topological polar surface area (TPSA) is 70.9 Å². The number of unbranched alkanes of at least 4 members (excludes halogenated alkanes) is 2. The van der Waals surface area contributed by atoms with E-state index in [2.05, 4.69) is 42.2 Å². The van der Waals surface area contributed by atoms with Gasteiger partial charge < -0.3 is 15.3 Å². The monoisotopic (exact) mass is 435 g/mol. The van der Waals surface area contributed by atoms with Crippen molar-refractivity contribution >= 4 is 28.6 Å². The zero-order chi connectivity index (χ0) is 21.3. The fourth-order valence-electron chi connectivity index (χ4n) is 4.58. The maximum atomic E-state index is 6.25. The highest BCUT2D eigenvalue weighted by Crippen LogP contribution is 2.33. The van der Waals surface area contributed by atoms with E-state index >= 15 is 0 Å². The van der Waals surface area contributed by atoms with Crippen molar-refractivity contribution in [3.8, 4) is 0 Å². The molecule has 2 N–H and O–H groups in total. The lowest BCUT2D eigenvalue weighted by Gasteiger charge is -2.32. The summed E-state index contributed by atoms with van der Waals surface area (Å²) in [5, 5.41) is 5.31. The lowest BCUT2D eigenvalue weighted by molar-refractivity contribution is 0.207. The summed E-state index contributed by atoms with van der Waals surface area (Å²) in [4.78, 5) is 13.5. The van der Waals surface area contributed by atoms with Crippen molar-refractivity contribution < 1.29 is 0 Å². The minimum absolute atomic E-state index is 0.291. The van der Waals surface area contributed by atoms with Crippen molar-refractivity contribution in [3.63, 3.8) is 0 Å². The van der Waals surface area contributed by atoms with Gasteiger partial charge in [-0.15, -0.1) is 0 Å².